The van der Waals surface area contributed by atoms with E-state index in [0.717, 1.165) is 24.4 Å². The third-order valence-electron chi connectivity index (χ3n) is 4.01. The third kappa shape index (κ3) is 5.69. The highest BCUT2D eigenvalue weighted by Crippen LogP contribution is 2.22. The standard InChI is InChI=1S/C19H25N3O2S/c1-15(16-9-11-20-12-10-16)22(13-4-14-23-2)19(25)21-17-5-7-18(24-3)8-6-17/h5-12,15H,4,13-14H2,1-3H3,(H,21,25)/t15-/m1/s1. The van der Waals surface area contributed by atoms with Crippen molar-refractivity contribution in [1.29, 1.82) is 0 Å². The normalized spacial score (nSPS) is 11.6. The maximum Gasteiger partial charge on any atom is 0.173 e. The molecule has 1 heterocycles. The van der Waals surface area contributed by atoms with Crippen molar-refractivity contribution in [2.24, 2.45) is 0 Å². The molecule has 0 bridgehead atoms. The molecule has 1 atom stereocenters. The number of nitrogens with one attached hydrogen (secondary N) is 1. The highest BCUT2D eigenvalue weighted by Gasteiger charge is 2.18. The van der Waals surface area contributed by atoms with Gasteiger partial charge in [0.25, 0.3) is 0 Å². The van der Waals surface area contributed by atoms with Gasteiger partial charge in [0.15, 0.2) is 5.11 Å². The Hall–Kier alpha value is -2.18. The summed E-state index contributed by atoms with van der Waals surface area (Å²) in [6, 6.07) is 11.9. The molecule has 0 aliphatic heterocycles. The number of hydrogen-bond donors (Lipinski definition) is 1. The first-order valence-electron chi connectivity index (χ1n) is 8.26. The van der Waals surface area contributed by atoms with Gasteiger partial charge in [-0.3, -0.25) is 4.98 Å². The number of thiocarbonyl (C=S) groups is 1. The van der Waals surface area contributed by atoms with Crippen LogP contribution in [0.25, 0.3) is 0 Å². The van der Waals surface area contributed by atoms with Crippen molar-refractivity contribution >= 4 is 23.0 Å². The lowest BCUT2D eigenvalue weighted by Gasteiger charge is -2.32. The van der Waals surface area contributed by atoms with E-state index in [4.69, 9.17) is 21.7 Å². The van der Waals surface area contributed by atoms with Gasteiger partial charge < -0.3 is 19.7 Å². The minimum Gasteiger partial charge on any atom is -0.497 e. The summed E-state index contributed by atoms with van der Waals surface area (Å²) in [7, 11) is 3.37. The van der Waals surface area contributed by atoms with Crippen molar-refractivity contribution in [3.63, 3.8) is 0 Å². The van der Waals surface area contributed by atoms with Gasteiger partial charge in [-0.2, -0.15) is 0 Å². The highest BCUT2D eigenvalue weighted by molar-refractivity contribution is 7.80. The van der Waals surface area contributed by atoms with Gasteiger partial charge in [0.05, 0.1) is 13.2 Å². The zero-order chi connectivity index (χ0) is 18.1. The maximum atomic E-state index is 5.67. The fourth-order valence-electron chi connectivity index (χ4n) is 2.54. The summed E-state index contributed by atoms with van der Waals surface area (Å²) in [4.78, 5) is 6.27. The molecule has 2 aromatic rings. The first-order valence-corrected chi connectivity index (χ1v) is 8.67. The van der Waals surface area contributed by atoms with E-state index in [9.17, 15) is 0 Å². The minimum absolute atomic E-state index is 0.137. The summed E-state index contributed by atoms with van der Waals surface area (Å²) >= 11 is 5.67. The molecule has 5 nitrogen and oxygen atoms in total. The molecule has 0 aliphatic carbocycles. The highest BCUT2D eigenvalue weighted by atomic mass is 32.1. The van der Waals surface area contributed by atoms with Crippen molar-refractivity contribution in [2.75, 3.05) is 32.7 Å². The SMILES string of the molecule is COCCCN(C(=S)Nc1ccc(OC)cc1)[C@H](C)c1ccncc1. The van der Waals surface area contributed by atoms with Crippen LogP contribution in [-0.4, -0.2) is 42.4 Å². The number of methoxy groups -OCH3 is 2. The Labute approximate surface area is 155 Å². The number of hydrogen-bond acceptors (Lipinski definition) is 4. The largest absolute Gasteiger partial charge is 0.497 e. The predicted octanol–water partition coefficient (Wildman–Crippen LogP) is 3.89. The van der Waals surface area contributed by atoms with Crippen LogP contribution in [0.1, 0.15) is 24.9 Å². The van der Waals surface area contributed by atoms with E-state index in [2.05, 4.69) is 22.1 Å². The molecule has 6 heteroatoms. The van der Waals surface area contributed by atoms with Gasteiger partial charge >= 0.3 is 0 Å². The zero-order valence-corrected chi connectivity index (χ0v) is 15.8. The molecule has 25 heavy (non-hydrogen) atoms. The van der Waals surface area contributed by atoms with Gasteiger partial charge in [-0.15, -0.1) is 0 Å². The van der Waals surface area contributed by atoms with E-state index < -0.39 is 0 Å². The fourth-order valence-corrected chi connectivity index (χ4v) is 2.91. The first kappa shape index (κ1) is 19.1. The van der Waals surface area contributed by atoms with E-state index in [1.54, 1.807) is 26.6 Å². The molecule has 0 saturated carbocycles. The lowest BCUT2D eigenvalue weighted by molar-refractivity contribution is 0.181. The Morgan fingerprint density at radius 2 is 1.84 bits per heavy atom. The smallest absolute Gasteiger partial charge is 0.173 e. The van der Waals surface area contributed by atoms with Gasteiger partial charge in [-0.05, 0) is 67.5 Å². The summed E-state index contributed by atoms with van der Waals surface area (Å²) in [5.74, 6) is 0.818. The van der Waals surface area contributed by atoms with Crippen molar-refractivity contribution in [1.82, 2.24) is 9.88 Å². The van der Waals surface area contributed by atoms with Gasteiger partial charge in [0.1, 0.15) is 5.75 Å². The Bertz CT molecular complexity index is 649. The molecular weight excluding hydrogens is 334 g/mol. The lowest BCUT2D eigenvalue weighted by atomic mass is 10.1. The van der Waals surface area contributed by atoms with Crippen LogP contribution in [0.5, 0.6) is 5.75 Å². The van der Waals surface area contributed by atoms with Crippen LogP contribution in [0.3, 0.4) is 0 Å². The molecule has 134 valence electrons. The van der Waals surface area contributed by atoms with Crippen molar-refractivity contribution in [3.05, 3.63) is 54.4 Å². The van der Waals surface area contributed by atoms with E-state index in [0.29, 0.717) is 11.7 Å². The molecular formula is C19H25N3O2S. The molecule has 2 rings (SSSR count). The van der Waals surface area contributed by atoms with E-state index >= 15 is 0 Å². The van der Waals surface area contributed by atoms with Crippen LogP contribution >= 0.6 is 12.2 Å². The number of rotatable bonds is 8. The Morgan fingerprint density at radius 1 is 1.16 bits per heavy atom. The fraction of sp³-hybridized carbons (Fsp3) is 0.368. The second kappa shape index (κ2) is 9.96. The van der Waals surface area contributed by atoms with E-state index in [1.807, 2.05) is 36.4 Å². The molecule has 0 amide bonds. The van der Waals surface area contributed by atoms with Gasteiger partial charge in [-0.25, -0.2) is 0 Å². The van der Waals surface area contributed by atoms with Crippen molar-refractivity contribution in [3.8, 4) is 5.75 Å². The molecule has 0 unspecified atom stereocenters. The Balaban J connectivity index is 2.10. The number of pyridine rings is 1. The van der Waals surface area contributed by atoms with Crippen molar-refractivity contribution < 1.29 is 9.47 Å². The summed E-state index contributed by atoms with van der Waals surface area (Å²) in [6.45, 7) is 3.65. The maximum absolute atomic E-state index is 5.67. The Kier molecular flexibility index (Phi) is 7.63. The number of aromatic nitrogens is 1. The van der Waals surface area contributed by atoms with Crippen LogP contribution in [0.15, 0.2) is 48.8 Å². The quantitative estimate of drug-likeness (QED) is 0.570. The van der Waals surface area contributed by atoms with Crippen LogP contribution < -0.4 is 10.1 Å². The number of anilines is 1. The van der Waals surface area contributed by atoms with Gasteiger partial charge in [0.2, 0.25) is 0 Å². The topological polar surface area (TPSA) is 46.6 Å². The second-order valence-electron chi connectivity index (χ2n) is 5.65. The zero-order valence-electron chi connectivity index (χ0n) is 14.9. The van der Waals surface area contributed by atoms with Crippen molar-refractivity contribution in [2.45, 2.75) is 19.4 Å². The van der Waals surface area contributed by atoms with E-state index in [-0.39, 0.29) is 6.04 Å². The van der Waals surface area contributed by atoms with Gasteiger partial charge in [0, 0.05) is 38.3 Å². The van der Waals surface area contributed by atoms with Gasteiger partial charge in [-0.1, -0.05) is 0 Å². The van der Waals surface area contributed by atoms with Crippen LogP contribution in [0, 0.1) is 0 Å². The lowest BCUT2D eigenvalue weighted by Crippen LogP contribution is -2.38. The minimum atomic E-state index is 0.137. The molecule has 0 saturated heterocycles. The summed E-state index contributed by atoms with van der Waals surface area (Å²) in [5, 5.41) is 4.00. The average Bonchev–Trinajstić information content (AvgIpc) is 2.66. The summed E-state index contributed by atoms with van der Waals surface area (Å²) in [5.41, 5.74) is 2.11. The first-order chi connectivity index (χ1) is 12.2. The number of ether oxygens (including phenoxy) is 2. The number of benzene rings is 1. The molecule has 1 N–H and O–H groups in total. The molecule has 0 spiro atoms. The third-order valence-corrected chi connectivity index (χ3v) is 4.34. The van der Waals surface area contributed by atoms with Crippen LogP contribution in [0.2, 0.25) is 0 Å². The molecule has 0 radical (unpaired) electrons. The van der Waals surface area contributed by atoms with Crippen LogP contribution in [-0.2, 0) is 4.74 Å². The molecule has 0 aliphatic rings. The molecule has 1 aromatic carbocycles. The summed E-state index contributed by atoms with van der Waals surface area (Å²) in [6.07, 6.45) is 4.51. The van der Waals surface area contributed by atoms with E-state index in [1.165, 1.54) is 5.56 Å². The Morgan fingerprint density at radius 3 is 2.44 bits per heavy atom. The monoisotopic (exact) mass is 359 g/mol. The van der Waals surface area contributed by atoms with Crippen LogP contribution in [0.4, 0.5) is 5.69 Å². The molecule has 1 aromatic heterocycles. The predicted molar refractivity (Wildman–Crippen MR) is 105 cm³/mol. The number of nitrogens with zero attached hydrogens (tertiary/aromatic N) is 2. The molecule has 0 fully saturated rings. The summed E-state index contributed by atoms with van der Waals surface area (Å²) < 4.78 is 10.4. The second-order valence-corrected chi connectivity index (χ2v) is 6.04. The average molecular weight is 359 g/mol.